The Morgan fingerprint density at radius 2 is 2.24 bits per heavy atom. The molecule has 0 aliphatic rings. The maximum absolute atomic E-state index is 10.7. The van der Waals surface area contributed by atoms with Crippen molar-refractivity contribution in [1.29, 1.82) is 5.41 Å². The van der Waals surface area contributed by atoms with E-state index in [4.69, 9.17) is 21.6 Å². The molecular formula is C10H13N5O2. The van der Waals surface area contributed by atoms with Gasteiger partial charge in [-0.3, -0.25) is 10.2 Å². The fourth-order valence-corrected chi connectivity index (χ4v) is 0.993. The highest BCUT2D eigenvalue weighted by Gasteiger charge is 2.09. The number of carbonyl (C=O) groups excluding carboxylic acids is 1. The van der Waals surface area contributed by atoms with Gasteiger partial charge in [0.2, 0.25) is 5.88 Å². The third-order valence-corrected chi connectivity index (χ3v) is 1.77. The number of amides is 1. The predicted octanol–water partition coefficient (Wildman–Crippen LogP) is -0.0259. The van der Waals surface area contributed by atoms with E-state index < -0.39 is 11.6 Å². The molecule has 17 heavy (non-hydrogen) atoms. The molecule has 1 aromatic heterocycles. The second kappa shape index (κ2) is 5.59. The van der Waals surface area contributed by atoms with Crippen molar-refractivity contribution in [2.24, 2.45) is 16.5 Å². The van der Waals surface area contributed by atoms with Crippen LogP contribution in [0.15, 0.2) is 23.3 Å². The number of amidine groups is 1. The average molecular weight is 235 g/mol. The molecule has 0 atom stereocenters. The number of nitrogens with two attached hydrogens (primary N) is 2. The minimum atomic E-state index is -0.926. The average Bonchev–Trinajstić information content (AvgIpc) is 2.30. The topological polar surface area (TPSA) is 127 Å². The fraction of sp³-hybridized carbons (Fsp3) is 0.200. The smallest absolute Gasteiger partial charge is 0.270 e. The van der Waals surface area contributed by atoms with Gasteiger partial charge in [-0.25, -0.2) is 9.98 Å². The van der Waals surface area contributed by atoms with Crippen LogP contribution in [-0.4, -0.2) is 29.0 Å². The number of ether oxygens (including phenoxy) is 1. The van der Waals surface area contributed by atoms with Crippen LogP contribution in [0.4, 0.5) is 5.69 Å². The molecule has 0 spiro atoms. The molecule has 0 aliphatic carbocycles. The normalized spacial score (nSPS) is 11.0. The number of pyridine rings is 1. The first-order chi connectivity index (χ1) is 8.04. The number of primary amides is 1. The molecule has 0 saturated carbocycles. The Morgan fingerprint density at radius 1 is 1.53 bits per heavy atom. The molecule has 0 saturated heterocycles. The van der Waals surface area contributed by atoms with Crippen LogP contribution in [0.3, 0.4) is 0 Å². The number of aromatic nitrogens is 1. The molecule has 0 radical (unpaired) electrons. The van der Waals surface area contributed by atoms with Gasteiger partial charge in [0.15, 0.2) is 11.5 Å². The summed E-state index contributed by atoms with van der Waals surface area (Å²) in [6, 6.07) is 3.22. The summed E-state index contributed by atoms with van der Waals surface area (Å²) < 4.78 is 5.14. The molecule has 1 heterocycles. The van der Waals surface area contributed by atoms with E-state index in [1.54, 1.807) is 12.1 Å². The Morgan fingerprint density at radius 3 is 2.71 bits per heavy atom. The van der Waals surface area contributed by atoms with Crippen molar-refractivity contribution in [3.63, 3.8) is 0 Å². The van der Waals surface area contributed by atoms with Gasteiger partial charge in [0.1, 0.15) is 0 Å². The van der Waals surface area contributed by atoms with Crippen LogP contribution >= 0.6 is 0 Å². The minimum Gasteiger partial charge on any atom is -0.478 e. The fourth-order valence-electron chi connectivity index (χ4n) is 0.993. The molecule has 1 amide bonds. The molecule has 7 heteroatoms. The van der Waals surface area contributed by atoms with Crippen molar-refractivity contribution in [2.45, 2.75) is 6.92 Å². The van der Waals surface area contributed by atoms with Gasteiger partial charge in [0, 0.05) is 6.07 Å². The lowest BCUT2D eigenvalue weighted by Gasteiger charge is -2.02. The van der Waals surface area contributed by atoms with Crippen molar-refractivity contribution in [3.05, 3.63) is 18.3 Å². The number of nitrogens with zero attached hydrogens (tertiary/aromatic N) is 2. The van der Waals surface area contributed by atoms with Crippen LogP contribution < -0.4 is 16.2 Å². The van der Waals surface area contributed by atoms with E-state index in [9.17, 15) is 4.79 Å². The zero-order valence-corrected chi connectivity index (χ0v) is 9.30. The third kappa shape index (κ3) is 3.56. The number of hydrogen-bond donors (Lipinski definition) is 3. The Labute approximate surface area is 98.0 Å². The SMILES string of the molecule is CCOc1ccc(N=C(N)C(=N)C(N)=O)cn1. The number of rotatable bonds is 5. The molecule has 0 unspecified atom stereocenters. The van der Waals surface area contributed by atoms with Crippen LogP contribution in [-0.2, 0) is 4.79 Å². The third-order valence-electron chi connectivity index (χ3n) is 1.77. The summed E-state index contributed by atoms with van der Waals surface area (Å²) in [4.78, 5) is 18.5. The van der Waals surface area contributed by atoms with Crippen molar-refractivity contribution in [1.82, 2.24) is 4.98 Å². The Bertz CT molecular complexity index is 452. The number of aliphatic imine (C=N–C) groups is 1. The Kier molecular flexibility index (Phi) is 4.15. The monoisotopic (exact) mass is 235 g/mol. The summed E-state index contributed by atoms with van der Waals surface area (Å²) >= 11 is 0. The number of hydrogen-bond acceptors (Lipinski definition) is 5. The van der Waals surface area contributed by atoms with Gasteiger partial charge in [-0.2, -0.15) is 0 Å². The molecule has 90 valence electrons. The summed E-state index contributed by atoms with van der Waals surface area (Å²) in [7, 11) is 0. The van der Waals surface area contributed by atoms with Crippen molar-refractivity contribution >= 4 is 23.1 Å². The Balaban J connectivity index is 2.84. The van der Waals surface area contributed by atoms with Crippen LogP contribution in [0.1, 0.15) is 6.92 Å². The van der Waals surface area contributed by atoms with E-state index in [1.165, 1.54) is 6.20 Å². The lowest BCUT2D eigenvalue weighted by atomic mass is 10.3. The van der Waals surface area contributed by atoms with Crippen LogP contribution in [0.2, 0.25) is 0 Å². The van der Waals surface area contributed by atoms with Crippen LogP contribution in [0.5, 0.6) is 5.88 Å². The lowest BCUT2D eigenvalue weighted by molar-refractivity contribution is -0.111. The molecular weight excluding hydrogens is 222 g/mol. The molecule has 5 N–H and O–H groups in total. The predicted molar refractivity (Wildman–Crippen MR) is 63.6 cm³/mol. The van der Waals surface area contributed by atoms with Gasteiger partial charge in [0.05, 0.1) is 18.5 Å². The van der Waals surface area contributed by atoms with Gasteiger partial charge in [0.25, 0.3) is 5.91 Å². The number of carbonyl (C=O) groups is 1. The standard InChI is InChI=1S/C10H13N5O2/c1-2-17-7-4-3-6(5-14-7)15-9(12)8(11)10(13)16/h3-5,11H,2H2,1H3,(H2,12,15)(H2,13,16). The first-order valence-corrected chi connectivity index (χ1v) is 4.86. The highest BCUT2D eigenvalue weighted by atomic mass is 16.5. The van der Waals surface area contributed by atoms with E-state index in [2.05, 4.69) is 9.98 Å². The van der Waals surface area contributed by atoms with Gasteiger partial charge in [-0.05, 0) is 13.0 Å². The van der Waals surface area contributed by atoms with Crippen LogP contribution in [0.25, 0.3) is 0 Å². The van der Waals surface area contributed by atoms with Gasteiger partial charge in [-0.1, -0.05) is 0 Å². The zero-order chi connectivity index (χ0) is 12.8. The molecule has 0 aliphatic heterocycles. The van der Waals surface area contributed by atoms with Crippen molar-refractivity contribution in [2.75, 3.05) is 6.61 Å². The summed E-state index contributed by atoms with van der Waals surface area (Å²) in [5, 5.41) is 7.23. The highest BCUT2D eigenvalue weighted by Crippen LogP contribution is 2.14. The maximum atomic E-state index is 10.7. The number of nitrogens with one attached hydrogen (secondary N) is 1. The summed E-state index contributed by atoms with van der Waals surface area (Å²) in [5.41, 5.74) is 10.2. The molecule has 1 aromatic rings. The first kappa shape index (κ1) is 12.6. The molecule has 0 aromatic carbocycles. The minimum absolute atomic E-state index is 0.247. The van der Waals surface area contributed by atoms with Gasteiger partial charge < -0.3 is 16.2 Å². The van der Waals surface area contributed by atoms with E-state index in [1.807, 2.05) is 6.92 Å². The zero-order valence-electron chi connectivity index (χ0n) is 9.30. The van der Waals surface area contributed by atoms with Crippen molar-refractivity contribution in [3.8, 4) is 5.88 Å². The van der Waals surface area contributed by atoms with E-state index >= 15 is 0 Å². The molecule has 0 fully saturated rings. The van der Waals surface area contributed by atoms with Gasteiger partial charge >= 0.3 is 0 Å². The van der Waals surface area contributed by atoms with E-state index in [0.29, 0.717) is 18.2 Å². The maximum Gasteiger partial charge on any atom is 0.270 e. The highest BCUT2D eigenvalue weighted by molar-refractivity contribution is 6.65. The summed E-state index contributed by atoms with van der Waals surface area (Å²) in [6.07, 6.45) is 1.42. The first-order valence-electron chi connectivity index (χ1n) is 4.86. The molecule has 7 nitrogen and oxygen atoms in total. The van der Waals surface area contributed by atoms with Crippen molar-refractivity contribution < 1.29 is 9.53 Å². The lowest BCUT2D eigenvalue weighted by Crippen LogP contribution is -2.34. The Hall–Kier alpha value is -2.44. The molecule has 1 rings (SSSR count). The van der Waals surface area contributed by atoms with E-state index in [-0.39, 0.29) is 5.84 Å². The second-order valence-corrected chi connectivity index (χ2v) is 3.02. The molecule has 0 bridgehead atoms. The van der Waals surface area contributed by atoms with Crippen LogP contribution in [0, 0.1) is 5.41 Å². The van der Waals surface area contributed by atoms with Gasteiger partial charge in [-0.15, -0.1) is 0 Å². The summed E-state index contributed by atoms with van der Waals surface area (Å²) in [6.45, 7) is 2.37. The summed E-state index contributed by atoms with van der Waals surface area (Å²) in [5.74, 6) is -0.705. The quantitative estimate of drug-likeness (QED) is 0.489. The van der Waals surface area contributed by atoms with E-state index in [0.717, 1.165) is 0 Å². The largest absolute Gasteiger partial charge is 0.478 e. The second-order valence-electron chi connectivity index (χ2n) is 3.02.